The molecular weight excluding hydrogens is 426 g/mol. The van der Waals surface area contributed by atoms with Gasteiger partial charge in [0.2, 0.25) is 0 Å². The van der Waals surface area contributed by atoms with E-state index in [4.69, 9.17) is 4.74 Å². The monoisotopic (exact) mass is 445 g/mol. The lowest BCUT2D eigenvalue weighted by molar-refractivity contribution is -0.194. The fraction of sp³-hybridized carbons (Fsp3) is 0.467. The molecule has 0 saturated carbocycles. The van der Waals surface area contributed by atoms with Crippen LogP contribution >= 0.6 is 19.4 Å². The van der Waals surface area contributed by atoms with Crippen molar-refractivity contribution in [2.75, 3.05) is 18.9 Å². The zero-order valence-corrected chi connectivity index (χ0v) is 16.6. The number of carbonyl (C=O) groups excluding carboxylic acids is 2. The lowest BCUT2D eigenvalue weighted by Gasteiger charge is -2.41. The normalized spacial score (nSPS) is 14.1. The molecule has 1 atom stereocenters. The second kappa shape index (κ2) is 9.64. The molecule has 1 unspecified atom stereocenters. The lowest BCUT2D eigenvalue weighted by atomic mass is 10.3. The van der Waals surface area contributed by atoms with Crippen molar-refractivity contribution in [1.29, 1.82) is 0 Å². The van der Waals surface area contributed by atoms with Crippen LogP contribution in [0.1, 0.15) is 13.8 Å². The summed E-state index contributed by atoms with van der Waals surface area (Å²) in [5, 5.41) is 0. The van der Waals surface area contributed by atoms with E-state index >= 15 is 0 Å². The summed E-state index contributed by atoms with van der Waals surface area (Å²) in [7, 11) is -5.61. The van der Waals surface area contributed by atoms with E-state index < -0.39 is 37.0 Å². The average Bonchev–Trinajstić information content (AvgIpc) is 2.58. The molecule has 0 aliphatic heterocycles. The van der Waals surface area contributed by atoms with Crippen molar-refractivity contribution in [3.8, 4) is 5.75 Å². The number of amides is 1. The third-order valence-electron chi connectivity index (χ3n) is 3.12. The minimum Gasteiger partial charge on any atom is -0.465 e. The van der Waals surface area contributed by atoms with Crippen LogP contribution in [0.4, 0.5) is 13.2 Å². The quantitative estimate of drug-likeness (QED) is 0.339. The zero-order valence-electron chi connectivity index (χ0n) is 14.9. The van der Waals surface area contributed by atoms with Crippen LogP contribution in [0.15, 0.2) is 30.3 Å². The highest BCUT2D eigenvalue weighted by Crippen LogP contribution is 2.59. The van der Waals surface area contributed by atoms with Gasteiger partial charge in [-0.2, -0.15) is 13.2 Å². The topological polar surface area (TPSA) is 113 Å². The molecule has 0 aliphatic rings. The van der Waals surface area contributed by atoms with Crippen molar-refractivity contribution >= 4 is 31.2 Å². The van der Waals surface area contributed by atoms with Crippen molar-refractivity contribution in [3.05, 3.63) is 30.3 Å². The molecule has 0 bridgehead atoms. The summed E-state index contributed by atoms with van der Waals surface area (Å²) >= 11 is 0.250. The van der Waals surface area contributed by atoms with Crippen molar-refractivity contribution < 1.29 is 46.6 Å². The smallest absolute Gasteiger partial charge is 0.465 e. The number of rotatable bonds is 9. The molecule has 28 heavy (non-hydrogen) atoms. The summed E-state index contributed by atoms with van der Waals surface area (Å²) in [4.78, 5) is 40.2. The second-order valence-corrected chi connectivity index (χ2v) is 8.55. The van der Waals surface area contributed by atoms with Crippen molar-refractivity contribution in [3.63, 3.8) is 0 Å². The van der Waals surface area contributed by atoms with Crippen molar-refractivity contribution in [2.45, 2.75) is 24.8 Å². The molecule has 8 nitrogen and oxygen atoms in total. The van der Waals surface area contributed by atoms with Gasteiger partial charge in [0, 0.05) is 0 Å². The lowest BCUT2D eigenvalue weighted by Crippen LogP contribution is -2.58. The number of thioether (sulfide) groups is 1. The molecule has 0 aliphatic carbocycles. The summed E-state index contributed by atoms with van der Waals surface area (Å²) in [5.74, 6) is -4.30. The fourth-order valence-electron chi connectivity index (χ4n) is 2.08. The summed E-state index contributed by atoms with van der Waals surface area (Å²) in [6.07, 6.45) is -5.53. The maximum atomic E-state index is 13.2. The van der Waals surface area contributed by atoms with Crippen LogP contribution in [0.2, 0.25) is 0 Å². The van der Waals surface area contributed by atoms with Gasteiger partial charge in [0.05, 0.1) is 6.61 Å². The summed E-state index contributed by atoms with van der Waals surface area (Å²) < 4.78 is 61.6. The standard InChI is InChI=1S/C15H19F3NO7PS/c1-3-25-12(20)10-19(13(21)14(16,17)18)15(28-4-2,27(22,23)24)26-11-8-6-5-7-9-11/h5-9H,3-4,10H2,1-2H3,(H2,22,23,24). The summed E-state index contributed by atoms with van der Waals surface area (Å²) in [6.45, 7) is 1.18. The van der Waals surface area contributed by atoms with E-state index in [2.05, 4.69) is 4.74 Å². The van der Waals surface area contributed by atoms with Gasteiger partial charge in [0.1, 0.15) is 12.3 Å². The van der Waals surface area contributed by atoms with E-state index in [1.807, 2.05) is 0 Å². The molecule has 0 aromatic heterocycles. The molecule has 1 amide bonds. The van der Waals surface area contributed by atoms with E-state index in [-0.39, 0.29) is 34.8 Å². The van der Waals surface area contributed by atoms with Gasteiger partial charge in [0.15, 0.2) is 0 Å². The largest absolute Gasteiger partial charge is 0.471 e. The molecule has 158 valence electrons. The van der Waals surface area contributed by atoms with Gasteiger partial charge in [-0.25, -0.2) is 0 Å². The molecule has 0 heterocycles. The Balaban J connectivity index is 3.61. The van der Waals surface area contributed by atoms with E-state index in [1.54, 1.807) is 0 Å². The minimum absolute atomic E-state index is 0.150. The highest BCUT2D eigenvalue weighted by molar-refractivity contribution is 8.06. The Labute approximate surface area is 163 Å². The number of alkyl halides is 3. The van der Waals surface area contributed by atoms with Crippen molar-refractivity contribution in [2.24, 2.45) is 0 Å². The fourth-order valence-corrected chi connectivity index (χ4v) is 4.68. The van der Waals surface area contributed by atoms with Crippen LogP contribution in [0, 0.1) is 0 Å². The number of esters is 1. The number of hydrogen-bond acceptors (Lipinski definition) is 6. The number of nitrogens with zero attached hydrogens (tertiary/aromatic N) is 1. The summed E-state index contributed by atoms with van der Waals surface area (Å²) in [5.41, 5.74) is 0. The van der Waals surface area contributed by atoms with E-state index in [0.717, 1.165) is 0 Å². The first-order chi connectivity index (χ1) is 12.9. The molecule has 2 N–H and O–H groups in total. The van der Waals surface area contributed by atoms with Crippen molar-refractivity contribution in [1.82, 2.24) is 4.90 Å². The predicted octanol–water partition coefficient (Wildman–Crippen LogP) is 2.56. The number of carbonyl (C=O) groups is 2. The number of hydrogen-bond donors (Lipinski definition) is 2. The Morgan fingerprint density at radius 1 is 1.18 bits per heavy atom. The van der Waals surface area contributed by atoms with Gasteiger partial charge in [-0.1, -0.05) is 36.9 Å². The zero-order chi connectivity index (χ0) is 21.6. The van der Waals surface area contributed by atoms with Gasteiger partial charge in [-0.3, -0.25) is 19.1 Å². The van der Waals surface area contributed by atoms with E-state index in [9.17, 15) is 37.1 Å². The van der Waals surface area contributed by atoms with E-state index in [1.165, 1.54) is 44.2 Å². The Kier molecular flexibility index (Phi) is 8.36. The molecular formula is C15H19F3NO7PS. The number of para-hydroxylation sites is 1. The molecule has 1 rings (SSSR count). The number of halogens is 3. The highest BCUT2D eigenvalue weighted by Gasteiger charge is 2.62. The first-order valence-corrected chi connectivity index (χ1v) is 10.5. The van der Waals surface area contributed by atoms with Crippen LogP contribution in [-0.4, -0.2) is 56.4 Å². The Morgan fingerprint density at radius 3 is 2.18 bits per heavy atom. The van der Waals surface area contributed by atoms with Crippen LogP contribution in [0.5, 0.6) is 5.75 Å². The van der Waals surface area contributed by atoms with E-state index in [0.29, 0.717) is 0 Å². The molecule has 0 fully saturated rings. The molecule has 0 saturated heterocycles. The second-order valence-electron chi connectivity index (χ2n) is 5.13. The SMILES string of the molecule is CCOC(=O)CN(C(=O)C(F)(F)F)C(Oc1ccccc1)(SCC)P(=O)(O)O. The number of ether oxygens (including phenoxy) is 2. The first kappa shape index (κ1) is 24.3. The minimum atomic E-state index is -5.61. The third kappa shape index (κ3) is 5.87. The maximum Gasteiger partial charge on any atom is 0.471 e. The van der Waals surface area contributed by atoms with Gasteiger partial charge in [-0.15, -0.1) is 0 Å². The van der Waals surface area contributed by atoms with Crippen LogP contribution in [-0.2, 0) is 18.9 Å². The Hall–Kier alpha value is -1.75. The maximum absolute atomic E-state index is 13.2. The van der Waals surface area contributed by atoms with Crippen LogP contribution < -0.4 is 4.74 Å². The first-order valence-electron chi connectivity index (χ1n) is 7.87. The van der Waals surface area contributed by atoms with Crippen LogP contribution in [0.3, 0.4) is 0 Å². The summed E-state index contributed by atoms with van der Waals surface area (Å²) in [6, 6.07) is 6.84. The van der Waals surface area contributed by atoms with Gasteiger partial charge < -0.3 is 19.3 Å². The molecule has 0 radical (unpaired) electrons. The van der Waals surface area contributed by atoms with Gasteiger partial charge in [-0.05, 0) is 24.8 Å². The third-order valence-corrected chi connectivity index (χ3v) is 6.25. The molecule has 0 spiro atoms. The molecule has 1 aromatic rings. The number of benzene rings is 1. The highest BCUT2D eigenvalue weighted by atomic mass is 32.2. The Bertz CT molecular complexity index is 728. The molecule has 1 aromatic carbocycles. The van der Waals surface area contributed by atoms with Gasteiger partial charge in [0.25, 0.3) is 0 Å². The molecule has 13 heteroatoms. The van der Waals surface area contributed by atoms with Gasteiger partial charge >= 0.3 is 30.4 Å². The predicted molar refractivity (Wildman–Crippen MR) is 94.4 cm³/mol. The average molecular weight is 445 g/mol. The van der Waals surface area contributed by atoms with Crippen LogP contribution in [0.25, 0.3) is 0 Å². The Morgan fingerprint density at radius 2 is 1.75 bits per heavy atom.